The van der Waals surface area contributed by atoms with Crippen LogP contribution in [0.2, 0.25) is 0 Å². The summed E-state index contributed by atoms with van der Waals surface area (Å²) in [6, 6.07) is 16.2. The highest BCUT2D eigenvalue weighted by Crippen LogP contribution is 2.20. The lowest BCUT2D eigenvalue weighted by molar-refractivity contribution is -0.123. The highest BCUT2D eigenvalue weighted by molar-refractivity contribution is 9.10. The number of hydrogen-bond acceptors (Lipinski definition) is 4. The van der Waals surface area contributed by atoms with Crippen molar-refractivity contribution in [1.82, 2.24) is 25.0 Å². The zero-order chi connectivity index (χ0) is 20.1. The van der Waals surface area contributed by atoms with Crippen molar-refractivity contribution in [3.63, 3.8) is 0 Å². The molecule has 1 heterocycles. The standard InChI is InChI=1S/C21H24BrN5O/c1-15(17-4-8-19(22)9-5-17)25-21(28)12-26(3)16(2)18-6-10-20(11-7-18)27-14-23-13-24-27/h4-11,13-16H,12H2,1-3H3,(H,25,28). The lowest BCUT2D eigenvalue weighted by Crippen LogP contribution is -2.37. The first-order valence-corrected chi connectivity index (χ1v) is 9.93. The smallest absolute Gasteiger partial charge is 0.234 e. The Labute approximate surface area is 173 Å². The maximum Gasteiger partial charge on any atom is 0.234 e. The van der Waals surface area contributed by atoms with Crippen LogP contribution in [0.4, 0.5) is 0 Å². The molecule has 6 nitrogen and oxygen atoms in total. The minimum Gasteiger partial charge on any atom is -0.348 e. The van der Waals surface area contributed by atoms with Crippen LogP contribution in [-0.4, -0.2) is 39.2 Å². The van der Waals surface area contributed by atoms with Crippen LogP contribution in [0.3, 0.4) is 0 Å². The molecule has 2 atom stereocenters. The second-order valence-electron chi connectivity index (χ2n) is 6.86. The number of halogens is 1. The van der Waals surface area contributed by atoms with Crippen molar-refractivity contribution in [3.8, 4) is 5.69 Å². The lowest BCUT2D eigenvalue weighted by Gasteiger charge is -2.25. The van der Waals surface area contributed by atoms with Crippen LogP contribution in [0.1, 0.15) is 37.1 Å². The van der Waals surface area contributed by atoms with E-state index in [1.807, 2.05) is 55.3 Å². The molecule has 7 heteroatoms. The van der Waals surface area contributed by atoms with Gasteiger partial charge in [0.1, 0.15) is 12.7 Å². The van der Waals surface area contributed by atoms with E-state index in [0.717, 1.165) is 21.3 Å². The van der Waals surface area contributed by atoms with E-state index in [0.29, 0.717) is 6.54 Å². The molecule has 3 aromatic rings. The number of amides is 1. The van der Waals surface area contributed by atoms with Crippen molar-refractivity contribution in [2.75, 3.05) is 13.6 Å². The predicted molar refractivity (Wildman–Crippen MR) is 113 cm³/mol. The summed E-state index contributed by atoms with van der Waals surface area (Å²) in [5, 5.41) is 7.20. The number of aromatic nitrogens is 3. The van der Waals surface area contributed by atoms with Gasteiger partial charge >= 0.3 is 0 Å². The number of rotatable bonds is 7. The van der Waals surface area contributed by atoms with E-state index in [-0.39, 0.29) is 18.0 Å². The fourth-order valence-electron chi connectivity index (χ4n) is 2.99. The van der Waals surface area contributed by atoms with E-state index >= 15 is 0 Å². The van der Waals surface area contributed by atoms with Gasteiger partial charge < -0.3 is 5.32 Å². The Hall–Kier alpha value is -2.51. The van der Waals surface area contributed by atoms with Gasteiger partial charge in [-0.2, -0.15) is 5.10 Å². The Balaban J connectivity index is 1.56. The largest absolute Gasteiger partial charge is 0.348 e. The molecule has 28 heavy (non-hydrogen) atoms. The normalized spacial score (nSPS) is 13.3. The fraction of sp³-hybridized carbons (Fsp3) is 0.286. The molecule has 0 aliphatic carbocycles. The second-order valence-corrected chi connectivity index (χ2v) is 7.78. The summed E-state index contributed by atoms with van der Waals surface area (Å²) >= 11 is 3.43. The van der Waals surface area contributed by atoms with Crippen LogP contribution in [0, 0.1) is 0 Å². The molecule has 1 amide bonds. The first kappa shape index (κ1) is 20.2. The Bertz CT molecular complexity index is 894. The molecule has 0 saturated carbocycles. The molecule has 2 unspecified atom stereocenters. The third-order valence-corrected chi connectivity index (χ3v) is 5.39. The van der Waals surface area contributed by atoms with E-state index < -0.39 is 0 Å². The zero-order valence-electron chi connectivity index (χ0n) is 16.2. The van der Waals surface area contributed by atoms with Gasteiger partial charge in [0.25, 0.3) is 0 Å². The number of nitrogens with zero attached hydrogens (tertiary/aromatic N) is 4. The molecule has 0 spiro atoms. The van der Waals surface area contributed by atoms with Crippen molar-refractivity contribution in [1.29, 1.82) is 0 Å². The number of nitrogens with one attached hydrogen (secondary N) is 1. The molecular formula is C21H24BrN5O. The van der Waals surface area contributed by atoms with Gasteiger partial charge in [-0.15, -0.1) is 0 Å². The highest BCUT2D eigenvalue weighted by atomic mass is 79.9. The molecule has 146 valence electrons. The van der Waals surface area contributed by atoms with Gasteiger partial charge in [-0.1, -0.05) is 40.2 Å². The third-order valence-electron chi connectivity index (χ3n) is 4.86. The maximum absolute atomic E-state index is 12.5. The molecule has 0 fully saturated rings. The summed E-state index contributed by atoms with van der Waals surface area (Å²) in [6.45, 7) is 4.41. The Morgan fingerprint density at radius 2 is 1.75 bits per heavy atom. The molecule has 3 rings (SSSR count). The van der Waals surface area contributed by atoms with E-state index in [1.165, 1.54) is 6.33 Å². The van der Waals surface area contributed by atoms with Crippen LogP contribution in [0.5, 0.6) is 0 Å². The average molecular weight is 442 g/mol. The number of carbonyl (C=O) groups is 1. The van der Waals surface area contributed by atoms with Crippen LogP contribution in [-0.2, 0) is 4.79 Å². The summed E-state index contributed by atoms with van der Waals surface area (Å²) in [4.78, 5) is 18.5. The topological polar surface area (TPSA) is 63.1 Å². The molecule has 0 bridgehead atoms. The minimum atomic E-state index is -0.0359. The van der Waals surface area contributed by atoms with Crippen molar-refractivity contribution >= 4 is 21.8 Å². The van der Waals surface area contributed by atoms with Gasteiger partial charge in [0.05, 0.1) is 18.3 Å². The average Bonchev–Trinajstić information content (AvgIpc) is 3.22. The first-order chi connectivity index (χ1) is 13.4. The SMILES string of the molecule is CC(NC(=O)CN(C)C(C)c1ccc(-n2cncn2)cc1)c1ccc(Br)cc1. The molecule has 1 aromatic heterocycles. The van der Waals surface area contributed by atoms with Crippen LogP contribution >= 0.6 is 15.9 Å². The maximum atomic E-state index is 12.5. The molecule has 0 saturated heterocycles. The van der Waals surface area contributed by atoms with Gasteiger partial charge in [0.15, 0.2) is 0 Å². The number of carbonyl (C=O) groups excluding carboxylic acids is 1. The summed E-state index contributed by atoms with van der Waals surface area (Å²) in [7, 11) is 1.96. The van der Waals surface area contributed by atoms with Crippen molar-refractivity contribution in [2.45, 2.75) is 25.9 Å². The number of hydrogen-bond donors (Lipinski definition) is 1. The first-order valence-electron chi connectivity index (χ1n) is 9.14. The van der Waals surface area contributed by atoms with Gasteiger partial charge in [-0.3, -0.25) is 9.69 Å². The van der Waals surface area contributed by atoms with E-state index in [9.17, 15) is 4.79 Å². The van der Waals surface area contributed by atoms with Crippen molar-refractivity contribution in [3.05, 3.63) is 76.8 Å². The Kier molecular flexibility index (Phi) is 6.59. The molecule has 0 aliphatic rings. The monoisotopic (exact) mass is 441 g/mol. The summed E-state index contributed by atoms with van der Waals surface area (Å²) in [6.07, 6.45) is 3.18. The predicted octanol–water partition coefficient (Wildman–Crippen LogP) is 3.90. The summed E-state index contributed by atoms with van der Waals surface area (Å²) in [5.41, 5.74) is 3.17. The van der Waals surface area contributed by atoms with E-state index in [2.05, 4.69) is 50.4 Å². The summed E-state index contributed by atoms with van der Waals surface area (Å²) < 4.78 is 2.74. The Morgan fingerprint density at radius 3 is 2.36 bits per heavy atom. The van der Waals surface area contributed by atoms with E-state index in [1.54, 1.807) is 11.0 Å². The zero-order valence-corrected chi connectivity index (χ0v) is 17.8. The van der Waals surface area contributed by atoms with Crippen LogP contribution < -0.4 is 5.32 Å². The molecule has 0 aliphatic heterocycles. The molecule has 2 aromatic carbocycles. The van der Waals surface area contributed by atoms with Crippen LogP contribution in [0.25, 0.3) is 5.69 Å². The van der Waals surface area contributed by atoms with Crippen molar-refractivity contribution < 1.29 is 4.79 Å². The van der Waals surface area contributed by atoms with Gasteiger partial charge in [-0.25, -0.2) is 9.67 Å². The fourth-order valence-corrected chi connectivity index (χ4v) is 3.25. The van der Waals surface area contributed by atoms with Gasteiger partial charge in [-0.05, 0) is 56.3 Å². The third kappa shape index (κ3) is 5.05. The van der Waals surface area contributed by atoms with Crippen LogP contribution in [0.15, 0.2) is 65.7 Å². The lowest BCUT2D eigenvalue weighted by atomic mass is 10.1. The van der Waals surface area contributed by atoms with Gasteiger partial charge in [0.2, 0.25) is 5.91 Å². The second kappa shape index (κ2) is 9.12. The van der Waals surface area contributed by atoms with Crippen molar-refractivity contribution in [2.24, 2.45) is 0 Å². The number of likely N-dealkylation sites (N-methyl/N-ethyl adjacent to an activating group) is 1. The highest BCUT2D eigenvalue weighted by Gasteiger charge is 2.17. The molecular weight excluding hydrogens is 418 g/mol. The Morgan fingerprint density at radius 1 is 1.11 bits per heavy atom. The van der Waals surface area contributed by atoms with E-state index in [4.69, 9.17) is 0 Å². The quantitative estimate of drug-likeness (QED) is 0.603. The van der Waals surface area contributed by atoms with Gasteiger partial charge in [0, 0.05) is 10.5 Å². The molecule has 0 radical (unpaired) electrons. The number of benzene rings is 2. The molecule has 1 N–H and O–H groups in total. The summed E-state index contributed by atoms with van der Waals surface area (Å²) in [5.74, 6) is 0.00371. The minimum absolute atomic E-state index is 0.00371.